The third-order valence-electron chi connectivity index (χ3n) is 4.83. The molecule has 2 atom stereocenters. The van der Waals surface area contributed by atoms with Gasteiger partial charge in [0.1, 0.15) is 12.4 Å². The topological polar surface area (TPSA) is 94.4 Å². The first-order valence-electron chi connectivity index (χ1n) is 9.13. The maximum atomic E-state index is 13.3. The van der Waals surface area contributed by atoms with Gasteiger partial charge in [0.15, 0.2) is 12.1 Å². The number of hydrogen-bond donors (Lipinski definition) is 1. The lowest BCUT2D eigenvalue weighted by Gasteiger charge is -2.20. The van der Waals surface area contributed by atoms with Crippen LogP contribution in [0.1, 0.15) is 11.1 Å². The highest BCUT2D eigenvalue weighted by atomic mass is 35.5. The number of hydrogen-bond acceptors (Lipinski definition) is 6. The summed E-state index contributed by atoms with van der Waals surface area (Å²) >= 11 is 5.71. The van der Waals surface area contributed by atoms with Crippen LogP contribution >= 0.6 is 11.6 Å². The molecule has 1 saturated heterocycles. The highest BCUT2D eigenvalue weighted by Crippen LogP contribution is 2.32. The maximum absolute atomic E-state index is 13.3. The standard InChI is InChI=1S/C20H17ClFN5O3/c1-10-5-11(2)7-13(6-10)27-19(29)17-18(20(27)30)26(25-24-17)9-16(28)23-12-3-4-15(22)14(21)8-12/h3-8,17-18H,9H2,1-2H3,(H,23,28)/t17-,18+/m1/s1. The Morgan fingerprint density at radius 3 is 2.50 bits per heavy atom. The highest BCUT2D eigenvalue weighted by Gasteiger charge is 2.55. The van der Waals surface area contributed by atoms with Crippen LogP contribution in [0.3, 0.4) is 0 Å². The van der Waals surface area contributed by atoms with Crippen molar-refractivity contribution in [2.75, 3.05) is 16.8 Å². The van der Waals surface area contributed by atoms with Crippen LogP contribution in [-0.2, 0) is 14.4 Å². The van der Waals surface area contributed by atoms with E-state index in [1.165, 1.54) is 17.1 Å². The molecule has 0 radical (unpaired) electrons. The van der Waals surface area contributed by atoms with Crippen molar-refractivity contribution < 1.29 is 18.8 Å². The normalized spacial score (nSPS) is 20.1. The van der Waals surface area contributed by atoms with Gasteiger partial charge < -0.3 is 5.32 Å². The molecule has 30 heavy (non-hydrogen) atoms. The largest absolute Gasteiger partial charge is 0.324 e. The number of carbonyl (C=O) groups excluding carboxylic acids is 3. The Hall–Kier alpha value is -3.33. The molecule has 4 rings (SSSR count). The van der Waals surface area contributed by atoms with Crippen molar-refractivity contribution in [3.8, 4) is 0 Å². The van der Waals surface area contributed by atoms with Crippen molar-refractivity contribution in [3.63, 3.8) is 0 Å². The summed E-state index contributed by atoms with van der Waals surface area (Å²) in [5, 5.41) is 11.4. The SMILES string of the molecule is Cc1cc(C)cc(N2C(=O)[C@@H]3[C@@H](N=NN3CC(=O)Nc3ccc(F)c(Cl)c3)C2=O)c1. The van der Waals surface area contributed by atoms with E-state index in [2.05, 4.69) is 15.7 Å². The lowest BCUT2D eigenvalue weighted by atomic mass is 10.1. The third kappa shape index (κ3) is 3.52. The van der Waals surface area contributed by atoms with Crippen molar-refractivity contribution in [2.24, 2.45) is 10.3 Å². The summed E-state index contributed by atoms with van der Waals surface area (Å²) < 4.78 is 13.3. The molecule has 8 nitrogen and oxygen atoms in total. The molecule has 0 bridgehead atoms. The number of imide groups is 1. The van der Waals surface area contributed by atoms with Crippen LogP contribution in [-0.4, -0.2) is 41.4 Å². The van der Waals surface area contributed by atoms with Crippen LogP contribution in [0.25, 0.3) is 0 Å². The Morgan fingerprint density at radius 1 is 1.13 bits per heavy atom. The van der Waals surface area contributed by atoms with Gasteiger partial charge in [-0.3, -0.25) is 19.4 Å². The highest BCUT2D eigenvalue weighted by molar-refractivity contribution is 6.31. The minimum absolute atomic E-state index is 0.130. The number of rotatable bonds is 4. The van der Waals surface area contributed by atoms with Crippen molar-refractivity contribution >= 4 is 40.7 Å². The summed E-state index contributed by atoms with van der Waals surface area (Å²) in [5.74, 6) is -2.08. The molecule has 0 saturated carbocycles. The summed E-state index contributed by atoms with van der Waals surface area (Å²) in [6.45, 7) is 3.44. The molecule has 154 valence electrons. The molecule has 2 aromatic carbocycles. The zero-order chi connectivity index (χ0) is 21.6. The molecule has 3 amide bonds. The van der Waals surface area contributed by atoms with Crippen LogP contribution in [0, 0.1) is 19.7 Å². The summed E-state index contributed by atoms with van der Waals surface area (Å²) in [5.41, 5.74) is 2.60. The molecule has 0 spiro atoms. The summed E-state index contributed by atoms with van der Waals surface area (Å²) in [6, 6.07) is 7.21. The average molecular weight is 430 g/mol. The molecule has 0 unspecified atom stereocenters. The first-order valence-corrected chi connectivity index (χ1v) is 9.51. The van der Waals surface area contributed by atoms with E-state index in [1.807, 2.05) is 19.9 Å². The van der Waals surface area contributed by atoms with Gasteiger partial charge in [0.2, 0.25) is 5.91 Å². The molecule has 2 aliphatic rings. The molecule has 0 aromatic heterocycles. The maximum Gasteiger partial charge on any atom is 0.263 e. The van der Waals surface area contributed by atoms with Gasteiger partial charge in [0, 0.05) is 5.69 Å². The number of carbonyl (C=O) groups is 3. The Morgan fingerprint density at radius 2 is 1.83 bits per heavy atom. The van der Waals surface area contributed by atoms with E-state index in [4.69, 9.17) is 11.6 Å². The number of halogens is 2. The lowest BCUT2D eigenvalue weighted by Crippen LogP contribution is -2.43. The Balaban J connectivity index is 1.50. The zero-order valence-corrected chi connectivity index (χ0v) is 16.9. The number of nitrogens with zero attached hydrogens (tertiary/aromatic N) is 4. The third-order valence-corrected chi connectivity index (χ3v) is 5.12. The predicted octanol–water partition coefficient (Wildman–Crippen LogP) is 3.03. The van der Waals surface area contributed by atoms with Crippen molar-refractivity contribution in [1.82, 2.24) is 5.01 Å². The minimum Gasteiger partial charge on any atom is -0.324 e. The van der Waals surface area contributed by atoms with Gasteiger partial charge in [-0.1, -0.05) is 22.9 Å². The molecule has 2 aromatic rings. The van der Waals surface area contributed by atoms with Gasteiger partial charge in [-0.2, -0.15) is 5.11 Å². The van der Waals surface area contributed by atoms with Crippen LogP contribution < -0.4 is 10.2 Å². The van der Waals surface area contributed by atoms with Crippen LogP contribution in [0.15, 0.2) is 46.7 Å². The molecule has 1 N–H and O–H groups in total. The molecule has 2 heterocycles. The van der Waals surface area contributed by atoms with E-state index in [0.717, 1.165) is 22.1 Å². The van der Waals surface area contributed by atoms with E-state index in [1.54, 1.807) is 12.1 Å². The lowest BCUT2D eigenvalue weighted by molar-refractivity contribution is -0.123. The molecule has 1 fully saturated rings. The van der Waals surface area contributed by atoms with Crippen molar-refractivity contribution in [1.29, 1.82) is 0 Å². The van der Waals surface area contributed by atoms with Crippen LogP contribution in [0.5, 0.6) is 0 Å². The molecule has 10 heteroatoms. The van der Waals surface area contributed by atoms with Gasteiger partial charge in [-0.25, -0.2) is 9.29 Å². The summed E-state index contributed by atoms with van der Waals surface area (Å²) in [6.07, 6.45) is 0. The molecule has 2 aliphatic heterocycles. The minimum atomic E-state index is -0.994. The summed E-state index contributed by atoms with van der Waals surface area (Å²) in [4.78, 5) is 39.3. The second-order valence-corrected chi connectivity index (χ2v) is 7.63. The van der Waals surface area contributed by atoms with E-state index in [0.29, 0.717) is 11.4 Å². The van der Waals surface area contributed by atoms with Gasteiger partial charge >= 0.3 is 0 Å². The fourth-order valence-corrected chi connectivity index (χ4v) is 3.79. The summed E-state index contributed by atoms with van der Waals surface area (Å²) in [7, 11) is 0. The molecule has 0 aliphatic carbocycles. The Labute approximate surface area is 176 Å². The van der Waals surface area contributed by atoms with Gasteiger partial charge in [0.25, 0.3) is 11.8 Å². The number of amides is 3. The number of anilines is 2. The van der Waals surface area contributed by atoms with E-state index in [9.17, 15) is 18.8 Å². The quantitative estimate of drug-likeness (QED) is 0.756. The smallest absolute Gasteiger partial charge is 0.263 e. The zero-order valence-electron chi connectivity index (χ0n) is 16.1. The monoisotopic (exact) mass is 429 g/mol. The van der Waals surface area contributed by atoms with Crippen LogP contribution in [0.2, 0.25) is 5.02 Å². The Kier molecular flexibility index (Phi) is 4.98. The first-order chi connectivity index (χ1) is 14.2. The number of nitrogens with one attached hydrogen (secondary N) is 1. The average Bonchev–Trinajstić information content (AvgIpc) is 3.17. The van der Waals surface area contributed by atoms with Gasteiger partial charge in [-0.15, -0.1) is 0 Å². The predicted molar refractivity (Wildman–Crippen MR) is 108 cm³/mol. The number of fused-ring (bicyclic) bond motifs is 1. The van der Waals surface area contributed by atoms with Gasteiger partial charge in [-0.05, 0) is 55.3 Å². The van der Waals surface area contributed by atoms with Crippen molar-refractivity contribution in [3.05, 3.63) is 58.4 Å². The van der Waals surface area contributed by atoms with Gasteiger partial charge in [0.05, 0.1) is 10.7 Å². The second-order valence-electron chi connectivity index (χ2n) is 7.23. The van der Waals surface area contributed by atoms with Crippen LogP contribution in [0.4, 0.5) is 15.8 Å². The first kappa shape index (κ1) is 20.0. The van der Waals surface area contributed by atoms with E-state index >= 15 is 0 Å². The van der Waals surface area contributed by atoms with E-state index < -0.39 is 35.6 Å². The Bertz CT molecular complexity index is 1090. The van der Waals surface area contributed by atoms with Crippen molar-refractivity contribution in [2.45, 2.75) is 25.9 Å². The van der Waals surface area contributed by atoms with E-state index in [-0.39, 0.29) is 11.6 Å². The second kappa shape index (κ2) is 7.49. The number of benzene rings is 2. The molecular formula is C20H17ClFN5O3. The number of aryl methyl sites for hydroxylation is 2. The molecular weight excluding hydrogens is 413 g/mol. The fourth-order valence-electron chi connectivity index (χ4n) is 3.61. The fraction of sp³-hybridized carbons (Fsp3) is 0.250.